The molecule has 0 heterocycles. The van der Waals surface area contributed by atoms with Gasteiger partial charge in [-0.3, -0.25) is 0 Å². The second-order valence-electron chi connectivity index (χ2n) is 4.90. The number of nitrogens with one attached hydrogen (secondary N) is 1. The Bertz CT molecular complexity index is 466. The molecular formula is C13H21NO2S. The van der Waals surface area contributed by atoms with Crippen LogP contribution in [0.2, 0.25) is 0 Å². The van der Waals surface area contributed by atoms with Crippen molar-refractivity contribution in [1.29, 1.82) is 0 Å². The van der Waals surface area contributed by atoms with Crippen LogP contribution in [-0.2, 0) is 15.8 Å². The van der Waals surface area contributed by atoms with Gasteiger partial charge in [0, 0.05) is 6.04 Å². The Balaban J connectivity index is 2.73. The molecule has 0 saturated carbocycles. The average molecular weight is 255 g/mol. The van der Waals surface area contributed by atoms with E-state index >= 15 is 0 Å². The summed E-state index contributed by atoms with van der Waals surface area (Å²) in [6, 6.07) is 7.54. The van der Waals surface area contributed by atoms with Crippen LogP contribution in [0.1, 0.15) is 31.9 Å². The summed E-state index contributed by atoms with van der Waals surface area (Å²) in [6.07, 6.45) is 0. The van der Waals surface area contributed by atoms with E-state index < -0.39 is 10.0 Å². The van der Waals surface area contributed by atoms with Crippen molar-refractivity contribution in [1.82, 2.24) is 4.72 Å². The first-order valence-corrected chi connectivity index (χ1v) is 7.51. The standard InChI is InChI=1S/C13H21NO2S/c1-10(2)12(4)14-17(15,16)9-13-7-5-6-11(3)8-13/h5-8,10,12,14H,9H2,1-4H3. The van der Waals surface area contributed by atoms with E-state index in [0.29, 0.717) is 5.92 Å². The monoisotopic (exact) mass is 255 g/mol. The normalized spacial score (nSPS) is 13.9. The summed E-state index contributed by atoms with van der Waals surface area (Å²) in [5.41, 5.74) is 1.91. The van der Waals surface area contributed by atoms with Gasteiger partial charge in [0.1, 0.15) is 0 Å². The Labute approximate surface area is 104 Å². The van der Waals surface area contributed by atoms with Gasteiger partial charge in [0.05, 0.1) is 5.75 Å². The molecule has 3 nitrogen and oxygen atoms in total. The van der Waals surface area contributed by atoms with Gasteiger partial charge in [0.15, 0.2) is 0 Å². The van der Waals surface area contributed by atoms with Crippen LogP contribution in [0.15, 0.2) is 24.3 Å². The van der Waals surface area contributed by atoms with Crippen LogP contribution in [0.3, 0.4) is 0 Å². The molecule has 1 aromatic carbocycles. The van der Waals surface area contributed by atoms with E-state index in [1.807, 2.05) is 52.0 Å². The van der Waals surface area contributed by atoms with Crippen molar-refractivity contribution in [2.24, 2.45) is 5.92 Å². The van der Waals surface area contributed by atoms with E-state index in [1.54, 1.807) is 0 Å². The minimum atomic E-state index is -3.25. The molecule has 0 aliphatic heterocycles. The van der Waals surface area contributed by atoms with Gasteiger partial charge < -0.3 is 0 Å². The Morgan fingerprint density at radius 3 is 2.41 bits per heavy atom. The molecule has 1 rings (SSSR count). The van der Waals surface area contributed by atoms with Crippen LogP contribution >= 0.6 is 0 Å². The van der Waals surface area contributed by atoms with E-state index in [-0.39, 0.29) is 11.8 Å². The highest BCUT2D eigenvalue weighted by Crippen LogP contribution is 2.09. The Morgan fingerprint density at radius 2 is 1.88 bits per heavy atom. The molecule has 0 bridgehead atoms. The summed E-state index contributed by atoms with van der Waals surface area (Å²) in [4.78, 5) is 0. The Hall–Kier alpha value is -0.870. The molecule has 17 heavy (non-hydrogen) atoms. The summed E-state index contributed by atoms with van der Waals surface area (Å²) in [5, 5.41) is 0. The number of hydrogen-bond acceptors (Lipinski definition) is 2. The zero-order valence-corrected chi connectivity index (χ0v) is 11.7. The molecule has 0 aliphatic carbocycles. The van der Waals surface area contributed by atoms with Crippen LogP contribution in [0, 0.1) is 12.8 Å². The maximum atomic E-state index is 11.9. The highest BCUT2D eigenvalue weighted by molar-refractivity contribution is 7.88. The molecule has 1 unspecified atom stereocenters. The summed E-state index contributed by atoms with van der Waals surface area (Å²) in [7, 11) is -3.25. The highest BCUT2D eigenvalue weighted by atomic mass is 32.2. The number of aryl methyl sites for hydroxylation is 1. The van der Waals surface area contributed by atoms with Crippen molar-refractivity contribution in [3.05, 3.63) is 35.4 Å². The van der Waals surface area contributed by atoms with Gasteiger partial charge in [-0.2, -0.15) is 0 Å². The molecule has 0 aromatic heterocycles. The Morgan fingerprint density at radius 1 is 1.24 bits per heavy atom. The first-order valence-electron chi connectivity index (χ1n) is 5.86. The summed E-state index contributed by atoms with van der Waals surface area (Å²) < 4.78 is 26.5. The largest absolute Gasteiger partial charge is 0.216 e. The average Bonchev–Trinajstić information content (AvgIpc) is 2.15. The minimum Gasteiger partial charge on any atom is -0.212 e. The van der Waals surface area contributed by atoms with Crippen LogP contribution in [0.5, 0.6) is 0 Å². The van der Waals surface area contributed by atoms with Gasteiger partial charge >= 0.3 is 0 Å². The summed E-state index contributed by atoms with van der Waals surface area (Å²) in [6.45, 7) is 7.85. The van der Waals surface area contributed by atoms with Gasteiger partial charge in [-0.05, 0) is 25.3 Å². The topological polar surface area (TPSA) is 46.2 Å². The molecule has 0 saturated heterocycles. The van der Waals surface area contributed by atoms with Crippen LogP contribution in [0.25, 0.3) is 0 Å². The lowest BCUT2D eigenvalue weighted by Gasteiger charge is -2.17. The third-order valence-corrected chi connectivity index (χ3v) is 4.25. The fraction of sp³-hybridized carbons (Fsp3) is 0.538. The number of rotatable bonds is 5. The van der Waals surface area contributed by atoms with Crippen LogP contribution in [-0.4, -0.2) is 14.5 Å². The van der Waals surface area contributed by atoms with Gasteiger partial charge in [-0.25, -0.2) is 13.1 Å². The maximum Gasteiger partial charge on any atom is 0.216 e. The number of hydrogen-bond donors (Lipinski definition) is 1. The van der Waals surface area contributed by atoms with E-state index in [0.717, 1.165) is 11.1 Å². The first kappa shape index (κ1) is 14.2. The van der Waals surface area contributed by atoms with E-state index in [2.05, 4.69) is 4.72 Å². The van der Waals surface area contributed by atoms with Crippen molar-refractivity contribution in [3.63, 3.8) is 0 Å². The first-order chi connectivity index (χ1) is 7.80. The molecule has 0 amide bonds. The zero-order valence-electron chi connectivity index (χ0n) is 10.9. The zero-order chi connectivity index (χ0) is 13.1. The lowest BCUT2D eigenvalue weighted by Crippen LogP contribution is -2.36. The van der Waals surface area contributed by atoms with Gasteiger partial charge in [-0.1, -0.05) is 43.7 Å². The molecule has 4 heteroatoms. The predicted octanol–water partition coefficient (Wildman–Crippen LogP) is 2.46. The fourth-order valence-electron chi connectivity index (χ4n) is 1.48. The van der Waals surface area contributed by atoms with Crippen molar-refractivity contribution >= 4 is 10.0 Å². The lowest BCUT2D eigenvalue weighted by atomic mass is 10.1. The molecule has 1 atom stereocenters. The predicted molar refractivity (Wildman–Crippen MR) is 71.2 cm³/mol. The molecule has 1 N–H and O–H groups in total. The maximum absolute atomic E-state index is 11.9. The third-order valence-electron chi connectivity index (χ3n) is 2.80. The second-order valence-corrected chi connectivity index (χ2v) is 6.65. The molecule has 0 fully saturated rings. The van der Waals surface area contributed by atoms with Crippen molar-refractivity contribution in [3.8, 4) is 0 Å². The second kappa shape index (κ2) is 5.65. The molecule has 0 radical (unpaired) electrons. The van der Waals surface area contributed by atoms with Crippen LogP contribution in [0.4, 0.5) is 0 Å². The summed E-state index contributed by atoms with van der Waals surface area (Å²) in [5.74, 6) is 0.341. The smallest absolute Gasteiger partial charge is 0.212 e. The van der Waals surface area contributed by atoms with E-state index in [4.69, 9.17) is 0 Å². The quantitative estimate of drug-likeness (QED) is 0.878. The number of sulfonamides is 1. The third kappa shape index (κ3) is 4.88. The molecule has 1 aromatic rings. The number of benzene rings is 1. The minimum absolute atomic E-state index is 0.0372. The van der Waals surface area contributed by atoms with Crippen molar-refractivity contribution < 1.29 is 8.42 Å². The SMILES string of the molecule is Cc1cccc(CS(=O)(=O)NC(C)C(C)C)c1. The van der Waals surface area contributed by atoms with E-state index in [9.17, 15) is 8.42 Å². The summed E-state index contributed by atoms with van der Waals surface area (Å²) >= 11 is 0. The molecule has 0 aliphatic rings. The molecule has 96 valence electrons. The lowest BCUT2D eigenvalue weighted by molar-refractivity contribution is 0.476. The fourth-order valence-corrected chi connectivity index (χ4v) is 3.02. The van der Waals surface area contributed by atoms with E-state index in [1.165, 1.54) is 0 Å². The molecule has 0 spiro atoms. The highest BCUT2D eigenvalue weighted by Gasteiger charge is 2.17. The molecular weight excluding hydrogens is 234 g/mol. The van der Waals surface area contributed by atoms with Crippen molar-refractivity contribution in [2.75, 3.05) is 0 Å². The van der Waals surface area contributed by atoms with Gasteiger partial charge in [0.2, 0.25) is 10.0 Å². The Kier molecular flexibility index (Phi) is 4.71. The van der Waals surface area contributed by atoms with Crippen molar-refractivity contribution in [2.45, 2.75) is 39.5 Å². The van der Waals surface area contributed by atoms with Gasteiger partial charge in [0.25, 0.3) is 0 Å². The van der Waals surface area contributed by atoms with Crippen LogP contribution < -0.4 is 4.72 Å². The van der Waals surface area contributed by atoms with Gasteiger partial charge in [-0.15, -0.1) is 0 Å².